The van der Waals surface area contributed by atoms with Crippen molar-refractivity contribution in [3.8, 4) is 0 Å². The minimum absolute atomic E-state index is 0.0726. The monoisotopic (exact) mass is 268 g/mol. The Morgan fingerprint density at radius 2 is 1.26 bits per heavy atom. The fraction of sp³-hybridized carbons (Fsp3) is 0.867. The van der Waals surface area contributed by atoms with Crippen LogP contribution in [0, 0.1) is 5.41 Å². The minimum atomic E-state index is -0.738. The molecule has 1 fully saturated rings. The third kappa shape index (κ3) is 4.84. The molecule has 4 heteroatoms. The van der Waals surface area contributed by atoms with Crippen molar-refractivity contribution in [2.24, 2.45) is 5.41 Å². The number of rotatable bonds is 10. The quantitative estimate of drug-likeness (QED) is 0.472. The van der Waals surface area contributed by atoms with Crippen molar-refractivity contribution in [2.45, 2.75) is 65.2 Å². The predicted molar refractivity (Wildman–Crippen MR) is 76.7 cm³/mol. The summed E-state index contributed by atoms with van der Waals surface area (Å²) in [6.45, 7) is 5.65. The normalized spacial score (nSPS) is 15.9. The Balaban J connectivity index is 2.26. The minimum Gasteiger partial charge on any atom is -0.355 e. The van der Waals surface area contributed by atoms with Crippen molar-refractivity contribution in [3.63, 3.8) is 0 Å². The van der Waals surface area contributed by atoms with Gasteiger partial charge in [-0.3, -0.25) is 9.59 Å². The Morgan fingerprint density at radius 1 is 0.842 bits per heavy atom. The number of nitrogens with one attached hydrogen (secondary N) is 2. The average molecular weight is 268 g/mol. The number of carbonyl (C=O) groups is 2. The van der Waals surface area contributed by atoms with Crippen LogP contribution in [0.1, 0.15) is 65.2 Å². The Bertz CT molecular complexity index is 273. The van der Waals surface area contributed by atoms with Gasteiger partial charge in [0.25, 0.3) is 0 Å². The van der Waals surface area contributed by atoms with Crippen molar-refractivity contribution in [3.05, 3.63) is 0 Å². The first-order chi connectivity index (χ1) is 9.17. The first kappa shape index (κ1) is 16.0. The Labute approximate surface area is 116 Å². The average Bonchev–Trinajstić information content (AvgIpc) is 3.21. The molecule has 0 bridgehead atoms. The lowest BCUT2D eigenvalue weighted by atomic mass is 10.0. The highest BCUT2D eigenvalue weighted by Gasteiger charge is 2.56. The number of unbranched alkanes of at least 4 members (excludes halogenated alkanes) is 4. The summed E-state index contributed by atoms with van der Waals surface area (Å²) in [6, 6.07) is 0. The lowest BCUT2D eigenvalue weighted by Gasteiger charge is -2.15. The molecule has 0 aromatic rings. The zero-order valence-electron chi connectivity index (χ0n) is 12.4. The van der Waals surface area contributed by atoms with E-state index in [1.165, 1.54) is 0 Å². The van der Waals surface area contributed by atoms with Crippen LogP contribution in [0.3, 0.4) is 0 Å². The second-order valence-electron chi connectivity index (χ2n) is 5.51. The highest BCUT2D eigenvalue weighted by Crippen LogP contribution is 2.46. The topological polar surface area (TPSA) is 58.2 Å². The molecule has 4 nitrogen and oxygen atoms in total. The summed E-state index contributed by atoms with van der Waals surface area (Å²) in [4.78, 5) is 24.1. The van der Waals surface area contributed by atoms with Gasteiger partial charge in [0.05, 0.1) is 0 Å². The van der Waals surface area contributed by atoms with Crippen LogP contribution >= 0.6 is 0 Å². The molecular weight excluding hydrogens is 240 g/mol. The van der Waals surface area contributed by atoms with Crippen molar-refractivity contribution in [1.29, 1.82) is 0 Å². The maximum atomic E-state index is 12.0. The van der Waals surface area contributed by atoms with Crippen LogP contribution in [0.25, 0.3) is 0 Å². The van der Waals surface area contributed by atoms with Gasteiger partial charge in [-0.2, -0.15) is 0 Å². The summed E-state index contributed by atoms with van der Waals surface area (Å²) < 4.78 is 0. The molecule has 0 unspecified atom stereocenters. The summed E-state index contributed by atoms with van der Waals surface area (Å²) in [5, 5.41) is 5.81. The molecule has 110 valence electrons. The zero-order valence-corrected chi connectivity index (χ0v) is 12.4. The molecule has 1 saturated carbocycles. The summed E-state index contributed by atoms with van der Waals surface area (Å²) >= 11 is 0. The standard InChI is InChI=1S/C15H28N2O2/c1-3-5-7-11-16-13(18)15(9-10-15)14(19)17-12-8-6-4-2/h3-12H2,1-2H3,(H,16,18)(H,17,19). The first-order valence-electron chi connectivity index (χ1n) is 7.74. The molecule has 0 aromatic carbocycles. The van der Waals surface area contributed by atoms with E-state index in [0.717, 1.165) is 38.5 Å². The van der Waals surface area contributed by atoms with Gasteiger partial charge in [-0.1, -0.05) is 39.5 Å². The summed E-state index contributed by atoms with van der Waals surface area (Å²) in [6.07, 6.45) is 7.91. The molecule has 0 saturated heterocycles. The van der Waals surface area contributed by atoms with Gasteiger partial charge in [0.1, 0.15) is 5.41 Å². The van der Waals surface area contributed by atoms with E-state index in [4.69, 9.17) is 0 Å². The molecule has 0 aliphatic heterocycles. The first-order valence-corrected chi connectivity index (χ1v) is 7.74. The predicted octanol–water partition coefficient (Wildman–Crippen LogP) is 2.38. The number of hydrogen-bond donors (Lipinski definition) is 2. The smallest absolute Gasteiger partial charge is 0.235 e. The van der Waals surface area contributed by atoms with Gasteiger partial charge in [-0.05, 0) is 25.7 Å². The van der Waals surface area contributed by atoms with Gasteiger partial charge in [-0.15, -0.1) is 0 Å². The summed E-state index contributed by atoms with van der Waals surface area (Å²) in [5.74, 6) is -0.145. The van der Waals surface area contributed by atoms with E-state index in [0.29, 0.717) is 25.9 Å². The van der Waals surface area contributed by atoms with Gasteiger partial charge in [0.2, 0.25) is 11.8 Å². The van der Waals surface area contributed by atoms with Crippen molar-refractivity contribution >= 4 is 11.8 Å². The number of hydrogen-bond acceptors (Lipinski definition) is 2. The third-order valence-corrected chi connectivity index (χ3v) is 3.75. The number of carbonyl (C=O) groups excluding carboxylic acids is 2. The molecule has 0 aromatic heterocycles. The Morgan fingerprint density at radius 3 is 1.58 bits per heavy atom. The zero-order chi connectivity index (χ0) is 14.1. The second kappa shape index (κ2) is 8.18. The van der Waals surface area contributed by atoms with Crippen molar-refractivity contribution < 1.29 is 9.59 Å². The van der Waals surface area contributed by atoms with Crippen molar-refractivity contribution in [2.75, 3.05) is 13.1 Å². The molecular formula is C15H28N2O2. The fourth-order valence-electron chi connectivity index (χ4n) is 2.17. The molecule has 1 aliphatic carbocycles. The molecule has 1 rings (SSSR count). The number of amides is 2. The molecule has 2 amide bonds. The van der Waals surface area contributed by atoms with E-state index in [2.05, 4.69) is 24.5 Å². The summed E-state index contributed by atoms with van der Waals surface area (Å²) in [5.41, 5.74) is -0.738. The maximum absolute atomic E-state index is 12.0. The van der Waals surface area contributed by atoms with E-state index in [1.807, 2.05) is 0 Å². The van der Waals surface area contributed by atoms with Gasteiger partial charge in [0.15, 0.2) is 0 Å². The van der Waals surface area contributed by atoms with E-state index < -0.39 is 5.41 Å². The van der Waals surface area contributed by atoms with E-state index in [9.17, 15) is 9.59 Å². The molecule has 0 heterocycles. The van der Waals surface area contributed by atoms with Gasteiger partial charge in [0, 0.05) is 13.1 Å². The molecule has 0 radical (unpaired) electrons. The van der Waals surface area contributed by atoms with Crippen LogP contribution in [0.15, 0.2) is 0 Å². The SMILES string of the molecule is CCCCCNC(=O)C1(C(=O)NCCCCC)CC1. The van der Waals surface area contributed by atoms with E-state index in [1.54, 1.807) is 0 Å². The van der Waals surface area contributed by atoms with Crippen molar-refractivity contribution in [1.82, 2.24) is 10.6 Å². The van der Waals surface area contributed by atoms with Crippen LogP contribution in [0.4, 0.5) is 0 Å². The Hall–Kier alpha value is -1.06. The lowest BCUT2D eigenvalue weighted by Crippen LogP contribution is -2.43. The molecule has 19 heavy (non-hydrogen) atoms. The van der Waals surface area contributed by atoms with Crippen LogP contribution in [0.2, 0.25) is 0 Å². The van der Waals surface area contributed by atoms with Gasteiger partial charge in [-0.25, -0.2) is 0 Å². The third-order valence-electron chi connectivity index (χ3n) is 3.75. The lowest BCUT2D eigenvalue weighted by molar-refractivity contribution is -0.137. The summed E-state index contributed by atoms with van der Waals surface area (Å²) in [7, 11) is 0. The molecule has 1 aliphatic rings. The van der Waals surface area contributed by atoms with Gasteiger partial charge < -0.3 is 10.6 Å². The highest BCUT2D eigenvalue weighted by molar-refractivity contribution is 6.07. The Kier molecular flexibility index (Phi) is 6.89. The van der Waals surface area contributed by atoms with Crippen LogP contribution in [-0.2, 0) is 9.59 Å². The van der Waals surface area contributed by atoms with Crippen LogP contribution < -0.4 is 10.6 Å². The maximum Gasteiger partial charge on any atom is 0.235 e. The van der Waals surface area contributed by atoms with E-state index >= 15 is 0 Å². The fourth-order valence-corrected chi connectivity index (χ4v) is 2.17. The van der Waals surface area contributed by atoms with Gasteiger partial charge >= 0.3 is 0 Å². The van der Waals surface area contributed by atoms with E-state index in [-0.39, 0.29) is 11.8 Å². The highest BCUT2D eigenvalue weighted by atomic mass is 16.2. The molecule has 0 spiro atoms. The molecule has 0 atom stereocenters. The van der Waals surface area contributed by atoms with Crippen LogP contribution in [-0.4, -0.2) is 24.9 Å². The largest absolute Gasteiger partial charge is 0.355 e. The molecule has 2 N–H and O–H groups in total. The van der Waals surface area contributed by atoms with Crippen LogP contribution in [0.5, 0.6) is 0 Å². The second-order valence-corrected chi connectivity index (χ2v) is 5.51.